The van der Waals surface area contributed by atoms with E-state index in [0.717, 1.165) is 205 Å². The molecule has 0 heterocycles. The van der Waals surface area contributed by atoms with Gasteiger partial charge >= 0.3 is 0 Å². The van der Waals surface area contributed by atoms with Gasteiger partial charge in [-0.15, -0.1) is 26.3 Å². The van der Waals surface area contributed by atoms with Gasteiger partial charge in [-0.3, -0.25) is 0 Å². The Morgan fingerprint density at radius 3 is 0.548 bits per heavy atom. The van der Waals surface area contributed by atoms with Crippen LogP contribution in [0.2, 0.25) is 0 Å². The smallest absolute Gasteiger partial charge is 0.123 e. The molecule has 0 aromatic heterocycles. The monoisotopic (exact) mass is 1150 g/mol. The summed E-state index contributed by atoms with van der Waals surface area (Å²) in [5.41, 5.74) is 4.18. The van der Waals surface area contributed by atoms with Crippen molar-refractivity contribution in [1.29, 1.82) is 0 Å². The molecule has 0 saturated carbocycles. The van der Waals surface area contributed by atoms with Gasteiger partial charge in [0.05, 0.1) is 0 Å². The normalized spacial score (nSPS) is 17.3. The highest BCUT2D eigenvalue weighted by Crippen LogP contribution is 2.55. The van der Waals surface area contributed by atoms with Crippen molar-refractivity contribution < 1.29 is 40.9 Å². The molecule has 8 heteroatoms. The molecule has 1 aliphatic rings. The maximum absolute atomic E-state index is 12.4. The molecule has 5 rings (SSSR count). The predicted molar refractivity (Wildman–Crippen MR) is 352 cm³/mol. The quantitative estimate of drug-likeness (QED) is 0.0161. The van der Waals surface area contributed by atoms with Gasteiger partial charge in [-0.1, -0.05) is 180 Å². The minimum absolute atomic E-state index is 0.121. The van der Waals surface area contributed by atoms with Gasteiger partial charge in [0.25, 0.3) is 0 Å². The van der Waals surface area contributed by atoms with Crippen LogP contribution in [0.5, 0.6) is 46.0 Å². The van der Waals surface area contributed by atoms with Crippen LogP contribution in [0, 0.1) is 23.7 Å². The van der Waals surface area contributed by atoms with E-state index >= 15 is 0 Å². The van der Waals surface area contributed by atoms with Crippen molar-refractivity contribution in [1.82, 2.24) is 0 Å². The number of benzene rings is 4. The van der Waals surface area contributed by atoms with Crippen molar-refractivity contribution in [3.63, 3.8) is 0 Å². The molecule has 0 saturated heterocycles. The molecule has 8 bridgehead atoms. The first-order valence-corrected chi connectivity index (χ1v) is 33.3. The maximum Gasteiger partial charge on any atom is 0.123 e. The first-order valence-electron chi connectivity index (χ1n) is 33.3. The third kappa shape index (κ3) is 20.2. The molecule has 1 aliphatic carbocycles. The molecule has 8 N–H and O–H groups in total. The Morgan fingerprint density at radius 2 is 0.393 bits per heavy atom. The van der Waals surface area contributed by atoms with Gasteiger partial charge in [0.1, 0.15) is 46.0 Å². The highest BCUT2D eigenvalue weighted by Gasteiger charge is 2.38. The zero-order valence-electron chi connectivity index (χ0n) is 52.6. The summed E-state index contributed by atoms with van der Waals surface area (Å²) < 4.78 is 0. The van der Waals surface area contributed by atoms with Gasteiger partial charge in [-0.25, -0.2) is 0 Å². The fourth-order valence-corrected chi connectivity index (χ4v) is 14.1. The molecular weight excluding hydrogens is 1040 g/mol. The van der Waals surface area contributed by atoms with Gasteiger partial charge in [-0.2, -0.15) is 0 Å². The molecule has 0 radical (unpaired) electrons. The molecule has 0 fully saturated rings. The van der Waals surface area contributed by atoms with E-state index in [2.05, 4.69) is 54.0 Å². The summed E-state index contributed by atoms with van der Waals surface area (Å²) >= 11 is 0. The topological polar surface area (TPSA) is 162 Å². The first-order chi connectivity index (χ1) is 40.6. The second kappa shape index (κ2) is 36.9. The van der Waals surface area contributed by atoms with E-state index in [-0.39, 0.29) is 69.7 Å². The second-order valence-corrected chi connectivity index (χ2v) is 25.6. The van der Waals surface area contributed by atoms with Gasteiger partial charge in [0.2, 0.25) is 0 Å². The Hall–Kier alpha value is -5.76. The molecule has 0 amide bonds. The molecular formula is C76H112O8. The summed E-state index contributed by atoms with van der Waals surface area (Å²) in [7, 11) is 0. The lowest BCUT2D eigenvalue weighted by molar-refractivity contribution is 0.377. The number of hydrogen-bond acceptors (Lipinski definition) is 8. The zero-order valence-corrected chi connectivity index (χ0v) is 52.6. The van der Waals surface area contributed by atoms with Crippen molar-refractivity contribution in [2.45, 2.75) is 257 Å². The van der Waals surface area contributed by atoms with Crippen LogP contribution in [0.25, 0.3) is 0 Å². The van der Waals surface area contributed by atoms with Crippen molar-refractivity contribution in [2.75, 3.05) is 0 Å². The van der Waals surface area contributed by atoms with Gasteiger partial charge < -0.3 is 40.9 Å². The summed E-state index contributed by atoms with van der Waals surface area (Å²) in [6, 6.07) is 13.3. The Morgan fingerprint density at radius 1 is 0.250 bits per heavy atom. The molecule has 4 atom stereocenters. The minimum Gasteiger partial charge on any atom is -0.508 e. The van der Waals surface area contributed by atoms with Crippen LogP contribution in [0.1, 0.15) is 301 Å². The lowest BCUT2D eigenvalue weighted by atomic mass is 9.71. The third-order valence-corrected chi connectivity index (χ3v) is 18.9. The van der Waals surface area contributed by atoms with E-state index in [1.54, 1.807) is 0 Å². The van der Waals surface area contributed by atoms with E-state index in [0.29, 0.717) is 44.5 Å². The molecule has 4 aromatic rings. The Bertz CT molecular complexity index is 2170. The number of fused-ring (bicyclic) bond motifs is 8. The summed E-state index contributed by atoms with van der Waals surface area (Å²) in [4.78, 5) is 0. The Balaban J connectivity index is 1.79. The van der Waals surface area contributed by atoms with Crippen LogP contribution >= 0.6 is 0 Å². The van der Waals surface area contributed by atoms with Crippen LogP contribution in [-0.4, -0.2) is 40.9 Å². The van der Waals surface area contributed by atoms with Gasteiger partial charge in [0, 0.05) is 92.4 Å². The Kier molecular flexibility index (Phi) is 30.4. The second-order valence-electron chi connectivity index (χ2n) is 25.6. The molecule has 0 spiro atoms. The largest absolute Gasteiger partial charge is 0.508 e. The fraction of sp³-hybridized carbons (Fsp3) is 0.579. The number of rotatable bonds is 40. The first kappa shape index (κ1) is 69.0. The van der Waals surface area contributed by atoms with Crippen LogP contribution in [-0.2, 0) is 0 Å². The minimum atomic E-state index is -0.622. The number of phenols is 8. The van der Waals surface area contributed by atoms with Crippen LogP contribution in [0.15, 0.2) is 99.2 Å². The number of allylic oxidation sites excluding steroid dienone is 4. The zero-order chi connectivity index (χ0) is 61.0. The molecule has 84 heavy (non-hydrogen) atoms. The summed E-state index contributed by atoms with van der Waals surface area (Å²) in [5.74, 6) is -4.05. The standard InChI is InChI=1S/C76H112O8/c1-9-13-17-21-25-29-33-37-41-53(5)73-57-45-59(67(79)49-65(57)77)74(54(6)42-38-34-30-26-22-18-14-10-2)61-47-63(71(83)51-69(61)81)76(56(8)44-40-36-32-28-24-20-16-12-4)64-48-62(70(82)52-72(64)84)75(60-46-58(73)66(78)50-68(60)80)55(7)43-39-35-31-27-23-19-15-11-3/h9-12,45-56,73-84H,1-4,13-44H2,5-8H3. The summed E-state index contributed by atoms with van der Waals surface area (Å²) in [5, 5.41) is 99.0. The van der Waals surface area contributed by atoms with E-state index in [4.69, 9.17) is 0 Å². The number of aromatic hydroxyl groups is 8. The number of hydrogen-bond donors (Lipinski definition) is 8. The summed E-state index contributed by atoms with van der Waals surface area (Å²) in [6.07, 6.45) is 40.8. The molecule has 4 unspecified atom stereocenters. The van der Waals surface area contributed by atoms with E-state index in [1.165, 1.54) is 24.3 Å². The molecule has 464 valence electrons. The predicted octanol–water partition coefficient (Wildman–Crippen LogP) is 21.9. The lowest BCUT2D eigenvalue weighted by Crippen LogP contribution is -2.19. The van der Waals surface area contributed by atoms with E-state index in [9.17, 15) is 40.9 Å². The number of unbranched alkanes of at least 4 members (excludes halogenated alkanes) is 24. The highest BCUT2D eigenvalue weighted by molar-refractivity contribution is 5.62. The van der Waals surface area contributed by atoms with Crippen molar-refractivity contribution >= 4 is 0 Å². The van der Waals surface area contributed by atoms with Crippen LogP contribution in [0.3, 0.4) is 0 Å². The Labute approximate surface area is 508 Å². The van der Waals surface area contributed by atoms with Crippen LogP contribution < -0.4 is 0 Å². The van der Waals surface area contributed by atoms with E-state index < -0.39 is 23.7 Å². The summed E-state index contributed by atoms with van der Waals surface area (Å²) in [6.45, 7) is 24.2. The molecule has 0 aliphatic heterocycles. The maximum atomic E-state index is 12.4. The number of phenolic OH excluding ortho intramolecular Hbond substituents is 8. The van der Waals surface area contributed by atoms with Gasteiger partial charge in [0.15, 0.2) is 0 Å². The van der Waals surface area contributed by atoms with Crippen molar-refractivity contribution in [3.8, 4) is 46.0 Å². The lowest BCUT2D eigenvalue weighted by Gasteiger charge is -2.34. The SMILES string of the molecule is C=CCCCCCCCCC(C)C1c2cc(c(O)cc2O)C(C(C)CCCCCCCCC=C)c2cc(c(O)cc2O)C(C(C)CCCCCCCCC=C)c2cc(c(O)cc2O)C(C(C)CCCCCCCCC=C)c2cc1c(O)cc2O. The average Bonchev–Trinajstić information content (AvgIpc) is 2.20. The van der Waals surface area contributed by atoms with E-state index in [1.807, 2.05) is 48.6 Å². The third-order valence-electron chi connectivity index (χ3n) is 18.9. The van der Waals surface area contributed by atoms with Crippen LogP contribution in [0.4, 0.5) is 0 Å². The van der Waals surface area contributed by atoms with Crippen molar-refractivity contribution in [3.05, 3.63) is 144 Å². The highest BCUT2D eigenvalue weighted by atomic mass is 16.3. The van der Waals surface area contributed by atoms with Crippen molar-refractivity contribution in [2.24, 2.45) is 23.7 Å². The molecule has 8 nitrogen and oxygen atoms in total. The average molecular weight is 1150 g/mol. The van der Waals surface area contributed by atoms with Gasteiger partial charge in [-0.05, 0) is 125 Å². The fourth-order valence-electron chi connectivity index (χ4n) is 14.1. The molecule has 4 aromatic carbocycles.